The van der Waals surface area contributed by atoms with Gasteiger partial charge in [0.15, 0.2) is 11.5 Å². The lowest BCUT2D eigenvalue weighted by molar-refractivity contribution is 0.530. The molecule has 0 bridgehead atoms. The molecule has 1 heterocycles. The molecule has 0 aliphatic carbocycles. The first-order valence-corrected chi connectivity index (χ1v) is 5.80. The lowest BCUT2D eigenvalue weighted by atomic mass is 10.1. The van der Waals surface area contributed by atoms with Crippen molar-refractivity contribution in [1.29, 1.82) is 0 Å². The number of likely N-dealkylation sites (N-methyl/N-ethyl adjacent to an activating group) is 1. The molecule has 92 valence electrons. The zero-order valence-electron chi connectivity index (χ0n) is 10.8. The van der Waals surface area contributed by atoms with E-state index in [9.17, 15) is 0 Å². The number of aryl methyl sites for hydroxylation is 1. The molecular weight excluding hydrogens is 214 g/mol. The highest BCUT2D eigenvalue weighted by Crippen LogP contribution is 2.22. The number of nitrogens with zero attached hydrogens (tertiary/aromatic N) is 1. The summed E-state index contributed by atoms with van der Waals surface area (Å²) >= 11 is 0. The van der Waals surface area contributed by atoms with Gasteiger partial charge in [-0.25, -0.2) is 4.98 Å². The van der Waals surface area contributed by atoms with Crippen molar-refractivity contribution < 1.29 is 4.42 Å². The summed E-state index contributed by atoms with van der Waals surface area (Å²) in [6.45, 7) is 7.05. The molecule has 1 aromatic carbocycles. The average Bonchev–Trinajstić information content (AvgIpc) is 2.56. The molecule has 4 nitrogen and oxygen atoms in total. The molecule has 0 fully saturated rings. The number of fused-ring (bicyclic) bond motifs is 1. The largest absolute Gasteiger partial charge is 0.441 e. The van der Waals surface area contributed by atoms with Gasteiger partial charge in [-0.1, -0.05) is 0 Å². The molecule has 2 N–H and O–H groups in total. The third-order valence-electron chi connectivity index (χ3n) is 2.60. The van der Waals surface area contributed by atoms with Crippen LogP contribution in [0.2, 0.25) is 0 Å². The first kappa shape index (κ1) is 11.9. The second kappa shape index (κ2) is 4.37. The number of rotatable bonds is 4. The number of benzene rings is 1. The van der Waals surface area contributed by atoms with Crippen LogP contribution in [0.1, 0.15) is 19.7 Å². The minimum absolute atomic E-state index is 0.00249. The zero-order valence-corrected chi connectivity index (χ0v) is 10.8. The van der Waals surface area contributed by atoms with Crippen LogP contribution in [0.3, 0.4) is 0 Å². The fraction of sp³-hybridized carbons (Fsp3) is 0.462. The van der Waals surface area contributed by atoms with Crippen LogP contribution in [-0.2, 0) is 0 Å². The van der Waals surface area contributed by atoms with Crippen LogP contribution >= 0.6 is 0 Å². The molecule has 2 aromatic rings. The Hall–Kier alpha value is -1.55. The van der Waals surface area contributed by atoms with Gasteiger partial charge >= 0.3 is 0 Å². The lowest BCUT2D eigenvalue weighted by Gasteiger charge is -2.27. The summed E-state index contributed by atoms with van der Waals surface area (Å²) < 4.78 is 5.52. The molecule has 0 spiro atoms. The molecule has 0 amide bonds. The predicted octanol–water partition coefficient (Wildman–Crippen LogP) is 2.55. The van der Waals surface area contributed by atoms with E-state index in [4.69, 9.17) is 4.42 Å². The van der Waals surface area contributed by atoms with Gasteiger partial charge < -0.3 is 15.1 Å². The van der Waals surface area contributed by atoms with E-state index in [1.54, 1.807) is 0 Å². The zero-order chi connectivity index (χ0) is 12.5. The fourth-order valence-electron chi connectivity index (χ4n) is 1.99. The van der Waals surface area contributed by atoms with Gasteiger partial charge in [0.25, 0.3) is 0 Å². The Morgan fingerprint density at radius 3 is 2.82 bits per heavy atom. The Morgan fingerprint density at radius 2 is 2.12 bits per heavy atom. The van der Waals surface area contributed by atoms with Crippen molar-refractivity contribution in [3.05, 3.63) is 24.1 Å². The van der Waals surface area contributed by atoms with Crippen molar-refractivity contribution in [2.75, 3.05) is 18.9 Å². The highest BCUT2D eigenvalue weighted by atomic mass is 16.3. The monoisotopic (exact) mass is 233 g/mol. The van der Waals surface area contributed by atoms with Gasteiger partial charge in [-0.2, -0.15) is 0 Å². The highest BCUT2D eigenvalue weighted by Gasteiger charge is 2.16. The molecule has 0 unspecified atom stereocenters. The molecule has 0 saturated carbocycles. The predicted molar refractivity (Wildman–Crippen MR) is 70.4 cm³/mol. The van der Waals surface area contributed by atoms with Crippen LogP contribution in [0.15, 0.2) is 22.6 Å². The normalized spacial score (nSPS) is 12.0. The highest BCUT2D eigenvalue weighted by molar-refractivity contribution is 5.77. The van der Waals surface area contributed by atoms with E-state index >= 15 is 0 Å². The maximum atomic E-state index is 5.52. The van der Waals surface area contributed by atoms with E-state index in [-0.39, 0.29) is 5.54 Å². The van der Waals surface area contributed by atoms with Crippen LogP contribution in [0.4, 0.5) is 5.69 Å². The first-order chi connectivity index (χ1) is 8.00. The van der Waals surface area contributed by atoms with Crippen LogP contribution < -0.4 is 10.6 Å². The number of hydrogen-bond donors (Lipinski definition) is 2. The van der Waals surface area contributed by atoms with Crippen molar-refractivity contribution in [2.45, 2.75) is 26.3 Å². The Labute approximate surface area is 101 Å². The standard InChI is InChI=1S/C13H19N3O/c1-9-15-11-6-5-10(7-12(11)17-9)16-13(2,3)8-14-4/h5-7,14,16H,8H2,1-4H3. The molecule has 0 aliphatic heterocycles. The Balaban J connectivity index is 2.24. The van der Waals surface area contributed by atoms with Crippen molar-refractivity contribution in [3.63, 3.8) is 0 Å². The second-order valence-electron chi connectivity index (χ2n) is 4.95. The van der Waals surface area contributed by atoms with E-state index in [1.165, 1.54) is 0 Å². The molecular formula is C13H19N3O. The summed E-state index contributed by atoms with van der Waals surface area (Å²) in [4.78, 5) is 4.28. The fourth-order valence-corrected chi connectivity index (χ4v) is 1.99. The maximum Gasteiger partial charge on any atom is 0.192 e. The number of hydrogen-bond acceptors (Lipinski definition) is 4. The maximum absolute atomic E-state index is 5.52. The Morgan fingerprint density at radius 1 is 1.35 bits per heavy atom. The van der Waals surface area contributed by atoms with Crippen molar-refractivity contribution in [2.24, 2.45) is 0 Å². The minimum Gasteiger partial charge on any atom is -0.441 e. The third kappa shape index (κ3) is 2.77. The Bertz CT molecular complexity index is 516. The summed E-state index contributed by atoms with van der Waals surface area (Å²) in [6.07, 6.45) is 0. The van der Waals surface area contributed by atoms with Gasteiger partial charge in [0.1, 0.15) is 5.52 Å². The lowest BCUT2D eigenvalue weighted by Crippen LogP contribution is -2.40. The first-order valence-electron chi connectivity index (χ1n) is 5.80. The van der Waals surface area contributed by atoms with Crippen LogP contribution in [0, 0.1) is 6.92 Å². The smallest absolute Gasteiger partial charge is 0.192 e. The minimum atomic E-state index is -0.00249. The van der Waals surface area contributed by atoms with Crippen LogP contribution in [-0.4, -0.2) is 24.1 Å². The van der Waals surface area contributed by atoms with E-state index in [1.807, 2.05) is 32.2 Å². The van der Waals surface area contributed by atoms with E-state index < -0.39 is 0 Å². The third-order valence-corrected chi connectivity index (χ3v) is 2.60. The number of aromatic nitrogens is 1. The van der Waals surface area contributed by atoms with Gasteiger partial charge in [-0.3, -0.25) is 0 Å². The molecule has 0 aliphatic rings. The van der Waals surface area contributed by atoms with E-state index in [0.717, 1.165) is 23.3 Å². The second-order valence-corrected chi connectivity index (χ2v) is 4.95. The molecule has 17 heavy (non-hydrogen) atoms. The van der Waals surface area contributed by atoms with Crippen molar-refractivity contribution >= 4 is 16.8 Å². The van der Waals surface area contributed by atoms with Crippen LogP contribution in [0.25, 0.3) is 11.1 Å². The summed E-state index contributed by atoms with van der Waals surface area (Å²) in [7, 11) is 1.95. The average molecular weight is 233 g/mol. The SMILES string of the molecule is CNCC(C)(C)Nc1ccc2nc(C)oc2c1. The van der Waals surface area contributed by atoms with E-state index in [0.29, 0.717) is 5.89 Å². The number of anilines is 1. The van der Waals surface area contributed by atoms with Crippen LogP contribution in [0.5, 0.6) is 0 Å². The van der Waals surface area contributed by atoms with Crippen molar-refractivity contribution in [1.82, 2.24) is 10.3 Å². The summed E-state index contributed by atoms with van der Waals surface area (Å²) in [5, 5.41) is 6.64. The summed E-state index contributed by atoms with van der Waals surface area (Å²) in [5.74, 6) is 0.701. The molecule has 0 atom stereocenters. The molecule has 2 rings (SSSR count). The summed E-state index contributed by atoms with van der Waals surface area (Å²) in [6, 6.07) is 6.00. The van der Waals surface area contributed by atoms with Gasteiger partial charge in [-0.15, -0.1) is 0 Å². The van der Waals surface area contributed by atoms with Gasteiger partial charge in [0, 0.05) is 30.8 Å². The molecule has 1 aromatic heterocycles. The Kier molecular flexibility index (Phi) is 3.07. The van der Waals surface area contributed by atoms with Gasteiger partial charge in [-0.05, 0) is 33.0 Å². The molecule has 0 saturated heterocycles. The van der Waals surface area contributed by atoms with Crippen molar-refractivity contribution in [3.8, 4) is 0 Å². The summed E-state index contributed by atoms with van der Waals surface area (Å²) in [5.41, 5.74) is 2.78. The van der Waals surface area contributed by atoms with Gasteiger partial charge in [0.2, 0.25) is 0 Å². The van der Waals surface area contributed by atoms with E-state index in [2.05, 4.69) is 29.5 Å². The molecule has 4 heteroatoms. The topological polar surface area (TPSA) is 50.1 Å². The number of oxazole rings is 1. The number of nitrogens with one attached hydrogen (secondary N) is 2. The molecule has 0 radical (unpaired) electrons. The van der Waals surface area contributed by atoms with Gasteiger partial charge in [0.05, 0.1) is 0 Å². The quantitative estimate of drug-likeness (QED) is 0.852.